The van der Waals surface area contributed by atoms with Gasteiger partial charge in [-0.05, 0) is 25.0 Å². The Bertz CT molecular complexity index is 712. The fourth-order valence-corrected chi connectivity index (χ4v) is 4.38. The van der Waals surface area contributed by atoms with Crippen LogP contribution in [-0.4, -0.2) is 35.7 Å². The lowest BCUT2D eigenvalue weighted by atomic mass is 10.1. The molecule has 0 saturated heterocycles. The lowest BCUT2D eigenvalue weighted by Gasteiger charge is -2.13. The molecule has 1 aromatic rings. The third-order valence-corrected chi connectivity index (χ3v) is 6.04. The molecule has 0 radical (unpaired) electrons. The Balaban J connectivity index is 2.92. The van der Waals surface area contributed by atoms with Gasteiger partial charge in [0, 0.05) is 13.1 Å². The summed E-state index contributed by atoms with van der Waals surface area (Å²) in [6.07, 6.45) is 0. The van der Waals surface area contributed by atoms with Gasteiger partial charge in [0.15, 0.2) is 0 Å². The van der Waals surface area contributed by atoms with E-state index in [1.54, 1.807) is 32.9 Å². The quantitative estimate of drug-likeness (QED) is 0.611. The highest BCUT2D eigenvalue weighted by Crippen LogP contribution is 2.25. The maximum absolute atomic E-state index is 12.3. The van der Waals surface area contributed by atoms with Crippen LogP contribution in [0, 0.1) is 13.8 Å². The first-order valence-corrected chi connectivity index (χ1v) is 9.57. The number of benzene rings is 1. The Hall–Kier alpha value is -1.16. The number of rotatable bonds is 7. The van der Waals surface area contributed by atoms with Crippen molar-refractivity contribution >= 4 is 25.7 Å². The van der Waals surface area contributed by atoms with Crippen molar-refractivity contribution in [2.24, 2.45) is 0 Å². The summed E-state index contributed by atoms with van der Waals surface area (Å²) in [6.45, 7) is 5.05. The number of hydrogen-bond acceptors (Lipinski definition) is 5. The standard InChI is InChI=1S/C12H21N3O4S2/c1-4-14-20(16,17)8-7-15-21(18,19)12-10(3)6-5-9(2)11(12)13/h5-6,14-15H,4,7-8,13H2,1-3H3. The number of sulfonamides is 2. The second-order valence-electron chi connectivity index (χ2n) is 4.66. The molecule has 1 aromatic carbocycles. The Morgan fingerprint density at radius 1 is 1.05 bits per heavy atom. The van der Waals surface area contributed by atoms with E-state index in [1.807, 2.05) is 0 Å². The predicted molar refractivity (Wildman–Crippen MR) is 83.0 cm³/mol. The van der Waals surface area contributed by atoms with Crippen LogP contribution >= 0.6 is 0 Å². The molecule has 0 unspecified atom stereocenters. The van der Waals surface area contributed by atoms with Crippen LogP contribution in [0.2, 0.25) is 0 Å². The van der Waals surface area contributed by atoms with Gasteiger partial charge in [0.2, 0.25) is 20.0 Å². The Kier molecular flexibility index (Phi) is 5.74. The SMILES string of the molecule is CCNS(=O)(=O)CCNS(=O)(=O)c1c(C)ccc(C)c1N. The first-order chi connectivity index (χ1) is 9.60. The second kappa shape index (κ2) is 6.73. The third-order valence-electron chi connectivity index (χ3n) is 2.91. The van der Waals surface area contributed by atoms with E-state index in [0.29, 0.717) is 11.1 Å². The molecule has 0 bridgehead atoms. The first kappa shape index (κ1) is 17.9. The van der Waals surface area contributed by atoms with Crippen molar-refractivity contribution in [1.29, 1.82) is 0 Å². The summed E-state index contributed by atoms with van der Waals surface area (Å²) in [5, 5.41) is 0. The van der Waals surface area contributed by atoms with Gasteiger partial charge in [0.25, 0.3) is 0 Å². The largest absolute Gasteiger partial charge is 0.397 e. The minimum absolute atomic E-state index is 0.00310. The number of anilines is 1. The zero-order valence-corrected chi connectivity index (χ0v) is 13.9. The van der Waals surface area contributed by atoms with Gasteiger partial charge in [-0.1, -0.05) is 19.1 Å². The molecule has 0 heterocycles. The average molecular weight is 335 g/mol. The van der Waals surface area contributed by atoms with Crippen molar-refractivity contribution in [1.82, 2.24) is 9.44 Å². The van der Waals surface area contributed by atoms with Gasteiger partial charge in [0.05, 0.1) is 11.4 Å². The average Bonchev–Trinajstić information content (AvgIpc) is 2.33. The first-order valence-electron chi connectivity index (χ1n) is 6.43. The molecule has 0 amide bonds. The zero-order valence-electron chi connectivity index (χ0n) is 12.3. The monoisotopic (exact) mass is 335 g/mol. The summed E-state index contributed by atoms with van der Waals surface area (Å²) >= 11 is 0. The van der Waals surface area contributed by atoms with Crippen molar-refractivity contribution in [3.63, 3.8) is 0 Å². The molecule has 0 aliphatic heterocycles. The number of hydrogen-bond donors (Lipinski definition) is 3. The summed E-state index contributed by atoms with van der Waals surface area (Å²) in [6, 6.07) is 3.40. The van der Waals surface area contributed by atoms with E-state index in [-0.39, 0.29) is 29.4 Å². The van der Waals surface area contributed by atoms with Crippen LogP contribution in [0.15, 0.2) is 17.0 Å². The molecule has 0 aliphatic carbocycles. The number of nitrogen functional groups attached to an aromatic ring is 1. The van der Waals surface area contributed by atoms with Gasteiger partial charge >= 0.3 is 0 Å². The van der Waals surface area contributed by atoms with Crippen LogP contribution < -0.4 is 15.2 Å². The Morgan fingerprint density at radius 2 is 1.62 bits per heavy atom. The summed E-state index contributed by atoms with van der Waals surface area (Å²) in [5.41, 5.74) is 7.17. The van der Waals surface area contributed by atoms with E-state index < -0.39 is 20.0 Å². The topological polar surface area (TPSA) is 118 Å². The normalized spacial score (nSPS) is 12.5. The molecular formula is C12H21N3O4S2. The lowest BCUT2D eigenvalue weighted by Crippen LogP contribution is -2.34. The fraction of sp³-hybridized carbons (Fsp3) is 0.500. The summed E-state index contributed by atoms with van der Waals surface area (Å²) in [4.78, 5) is 0.00310. The van der Waals surface area contributed by atoms with Crippen LogP contribution in [0.5, 0.6) is 0 Å². The van der Waals surface area contributed by atoms with Gasteiger partial charge in [-0.3, -0.25) is 0 Å². The molecule has 120 valence electrons. The molecule has 0 aliphatic rings. The minimum atomic E-state index is -3.85. The van der Waals surface area contributed by atoms with Crippen molar-refractivity contribution in [3.8, 4) is 0 Å². The molecule has 0 saturated carbocycles. The summed E-state index contributed by atoms with van der Waals surface area (Å²) < 4.78 is 52.0. The lowest BCUT2D eigenvalue weighted by molar-refractivity contribution is 0.576. The Morgan fingerprint density at radius 3 is 2.19 bits per heavy atom. The fourth-order valence-electron chi connectivity index (χ4n) is 1.84. The molecule has 0 atom stereocenters. The predicted octanol–water partition coefficient (Wildman–Crippen LogP) is 0.103. The van der Waals surface area contributed by atoms with E-state index in [2.05, 4.69) is 9.44 Å². The maximum Gasteiger partial charge on any atom is 0.242 e. The summed E-state index contributed by atoms with van der Waals surface area (Å²) in [7, 11) is -7.32. The zero-order chi connectivity index (χ0) is 16.3. The molecule has 0 spiro atoms. The molecular weight excluding hydrogens is 314 g/mol. The maximum atomic E-state index is 12.3. The molecule has 21 heavy (non-hydrogen) atoms. The second-order valence-corrected chi connectivity index (χ2v) is 8.29. The minimum Gasteiger partial charge on any atom is -0.397 e. The van der Waals surface area contributed by atoms with Gasteiger partial charge in [-0.15, -0.1) is 0 Å². The van der Waals surface area contributed by atoms with Gasteiger partial charge in [-0.25, -0.2) is 26.3 Å². The van der Waals surface area contributed by atoms with E-state index in [1.165, 1.54) is 0 Å². The molecule has 7 nitrogen and oxygen atoms in total. The highest BCUT2D eigenvalue weighted by atomic mass is 32.2. The van der Waals surface area contributed by atoms with Crippen LogP contribution in [0.3, 0.4) is 0 Å². The van der Waals surface area contributed by atoms with E-state index in [4.69, 9.17) is 5.73 Å². The van der Waals surface area contributed by atoms with Crippen molar-refractivity contribution in [3.05, 3.63) is 23.3 Å². The van der Waals surface area contributed by atoms with Gasteiger partial charge < -0.3 is 5.73 Å². The van der Waals surface area contributed by atoms with Crippen molar-refractivity contribution < 1.29 is 16.8 Å². The smallest absolute Gasteiger partial charge is 0.242 e. The third kappa shape index (κ3) is 4.67. The van der Waals surface area contributed by atoms with Gasteiger partial charge in [-0.2, -0.15) is 0 Å². The summed E-state index contributed by atoms with van der Waals surface area (Å²) in [5.74, 6) is -0.329. The number of aryl methyl sites for hydroxylation is 2. The van der Waals surface area contributed by atoms with Crippen LogP contribution in [0.25, 0.3) is 0 Å². The highest BCUT2D eigenvalue weighted by molar-refractivity contribution is 7.90. The van der Waals surface area contributed by atoms with Crippen LogP contribution in [-0.2, 0) is 20.0 Å². The van der Waals surface area contributed by atoms with E-state index >= 15 is 0 Å². The Labute approximate surface area is 126 Å². The number of nitrogens with one attached hydrogen (secondary N) is 2. The van der Waals surface area contributed by atoms with Crippen molar-refractivity contribution in [2.45, 2.75) is 25.7 Å². The van der Waals surface area contributed by atoms with E-state index in [9.17, 15) is 16.8 Å². The molecule has 0 aromatic heterocycles. The molecule has 0 fully saturated rings. The molecule has 4 N–H and O–H groups in total. The van der Waals surface area contributed by atoms with Crippen molar-refractivity contribution in [2.75, 3.05) is 24.6 Å². The number of nitrogens with two attached hydrogens (primary N) is 1. The van der Waals surface area contributed by atoms with E-state index in [0.717, 1.165) is 0 Å². The molecule has 9 heteroatoms. The van der Waals surface area contributed by atoms with Crippen LogP contribution in [0.1, 0.15) is 18.1 Å². The van der Waals surface area contributed by atoms with Crippen LogP contribution in [0.4, 0.5) is 5.69 Å². The highest BCUT2D eigenvalue weighted by Gasteiger charge is 2.21. The van der Waals surface area contributed by atoms with Gasteiger partial charge in [0.1, 0.15) is 4.90 Å². The molecule has 1 rings (SSSR count).